The van der Waals surface area contributed by atoms with Gasteiger partial charge in [-0.2, -0.15) is 0 Å². The molecule has 1 aromatic heterocycles. The van der Waals surface area contributed by atoms with Gasteiger partial charge in [0.25, 0.3) is 0 Å². The molecule has 0 N–H and O–H groups in total. The number of hydrogen-bond acceptors (Lipinski definition) is 3. The Kier molecular flexibility index (Phi) is 13.1. The van der Waals surface area contributed by atoms with Crippen molar-refractivity contribution in [3.8, 4) is 0 Å². The normalized spacial score (nSPS) is 11.6. The van der Waals surface area contributed by atoms with Crippen LogP contribution in [-0.4, -0.2) is 35.9 Å². The molecular weight excluding hydrogens is 441 g/mol. The van der Waals surface area contributed by atoms with Crippen molar-refractivity contribution in [2.45, 2.75) is 98.8 Å². The van der Waals surface area contributed by atoms with Gasteiger partial charge in [0.05, 0.1) is 0 Å². The molecule has 0 saturated heterocycles. The Morgan fingerprint density at radius 1 is 0.926 bits per heavy atom. The van der Waals surface area contributed by atoms with Gasteiger partial charge in [0.2, 0.25) is 0 Å². The molecule has 27 heavy (non-hydrogen) atoms. The topological polar surface area (TPSA) is 39.2 Å². The first-order valence-electron chi connectivity index (χ1n) is 11.2. The number of aryl methyl sites for hydroxylation is 1. The molecule has 4 heteroatoms. The molecule has 3 nitrogen and oxygen atoms in total. The summed E-state index contributed by atoms with van der Waals surface area (Å²) < 4.78 is 11.1. The number of carbonyl (C=O) groups excluding carboxylic acids is 1. The Balaban J connectivity index is 2.83. The van der Waals surface area contributed by atoms with Gasteiger partial charge in [0.15, 0.2) is 0 Å². The predicted octanol–water partition coefficient (Wildman–Crippen LogP) is 6.02. The third-order valence-corrected chi connectivity index (χ3v) is 21.1. The summed E-state index contributed by atoms with van der Waals surface area (Å²) in [4.78, 5) is 16.3. The molecule has 0 amide bonds. The van der Waals surface area contributed by atoms with E-state index in [0.717, 1.165) is 18.5 Å². The average Bonchev–Trinajstić information content (AvgIpc) is 2.68. The summed E-state index contributed by atoms with van der Waals surface area (Å²) in [6.07, 6.45) is 12.4. The zero-order valence-electron chi connectivity index (χ0n) is 18.2. The third-order valence-electron chi connectivity index (χ3n) is 5.58. The molecule has 1 rings (SSSR count). The molecule has 1 aromatic rings. The zero-order valence-corrected chi connectivity index (χ0v) is 21.0. The first-order chi connectivity index (χ1) is 13.1. The Hall–Kier alpha value is -0.581. The van der Waals surface area contributed by atoms with Gasteiger partial charge in [-0.25, -0.2) is 0 Å². The summed E-state index contributed by atoms with van der Waals surface area (Å²) >= 11 is -2.35. The van der Waals surface area contributed by atoms with Crippen molar-refractivity contribution in [3.05, 3.63) is 24.0 Å². The minimum absolute atomic E-state index is 0.0944. The quantitative estimate of drug-likeness (QED) is 0.227. The molecule has 0 bridgehead atoms. The maximum atomic E-state index is 11.5. The second-order valence-electron chi connectivity index (χ2n) is 7.79. The van der Waals surface area contributed by atoms with Crippen LogP contribution in [0, 0.1) is 0 Å². The zero-order chi connectivity index (χ0) is 20.0. The fourth-order valence-corrected chi connectivity index (χ4v) is 19.5. The number of nitrogens with zero attached hydrogens (tertiary/aromatic N) is 1. The van der Waals surface area contributed by atoms with Crippen LogP contribution >= 0.6 is 0 Å². The predicted molar refractivity (Wildman–Crippen MR) is 118 cm³/mol. The molecule has 0 atom stereocenters. The van der Waals surface area contributed by atoms with Crippen molar-refractivity contribution in [2.75, 3.05) is 6.61 Å². The van der Waals surface area contributed by atoms with Gasteiger partial charge in [-0.1, -0.05) is 0 Å². The van der Waals surface area contributed by atoms with Crippen LogP contribution in [0.2, 0.25) is 13.3 Å². The van der Waals surface area contributed by atoms with Crippen LogP contribution in [0.1, 0.15) is 84.8 Å². The molecule has 0 fully saturated rings. The molecule has 0 radical (unpaired) electrons. The van der Waals surface area contributed by atoms with E-state index in [1.807, 2.05) is 6.92 Å². The molecule has 0 aromatic carbocycles. The third kappa shape index (κ3) is 8.97. The van der Waals surface area contributed by atoms with E-state index in [4.69, 9.17) is 9.72 Å². The van der Waals surface area contributed by atoms with Crippen molar-refractivity contribution in [2.24, 2.45) is 0 Å². The van der Waals surface area contributed by atoms with Crippen LogP contribution < -0.4 is 3.58 Å². The molecule has 1 heterocycles. The number of ether oxygens (including phenoxy) is 1. The van der Waals surface area contributed by atoms with Crippen LogP contribution in [0.3, 0.4) is 0 Å². The van der Waals surface area contributed by atoms with E-state index in [0.29, 0.717) is 13.0 Å². The molecule has 0 spiro atoms. The van der Waals surface area contributed by atoms with Crippen LogP contribution in [0.15, 0.2) is 18.3 Å². The Bertz CT molecular complexity index is 494. The Morgan fingerprint density at radius 2 is 1.52 bits per heavy atom. The number of carbonyl (C=O) groups is 1. The van der Waals surface area contributed by atoms with E-state index in [-0.39, 0.29) is 5.97 Å². The van der Waals surface area contributed by atoms with Crippen LogP contribution in [-0.2, 0) is 16.0 Å². The van der Waals surface area contributed by atoms with Gasteiger partial charge < -0.3 is 0 Å². The van der Waals surface area contributed by atoms with Crippen LogP contribution in [0.25, 0.3) is 0 Å². The van der Waals surface area contributed by atoms with Crippen molar-refractivity contribution in [1.29, 1.82) is 0 Å². The van der Waals surface area contributed by atoms with Gasteiger partial charge in [0, 0.05) is 0 Å². The van der Waals surface area contributed by atoms with E-state index < -0.39 is 18.4 Å². The van der Waals surface area contributed by atoms with Crippen molar-refractivity contribution in [3.63, 3.8) is 0 Å². The second kappa shape index (κ2) is 14.4. The van der Waals surface area contributed by atoms with E-state index >= 15 is 0 Å². The van der Waals surface area contributed by atoms with Gasteiger partial charge in [-0.3, -0.25) is 0 Å². The molecule has 0 saturated carbocycles. The van der Waals surface area contributed by atoms with Crippen molar-refractivity contribution in [1.82, 2.24) is 4.98 Å². The van der Waals surface area contributed by atoms with Gasteiger partial charge in [-0.05, 0) is 0 Å². The Labute approximate surface area is 171 Å². The molecular formula is C23H41NO2Sn. The summed E-state index contributed by atoms with van der Waals surface area (Å²) in [5.41, 5.74) is 1.12. The number of hydrogen-bond donors (Lipinski definition) is 0. The number of aromatic nitrogens is 1. The summed E-state index contributed by atoms with van der Waals surface area (Å²) in [7, 11) is 0. The minimum atomic E-state index is -2.35. The van der Waals surface area contributed by atoms with E-state index in [2.05, 4.69) is 39.1 Å². The van der Waals surface area contributed by atoms with Gasteiger partial charge in [-0.15, -0.1) is 0 Å². The van der Waals surface area contributed by atoms with Crippen molar-refractivity contribution >= 4 is 27.9 Å². The van der Waals surface area contributed by atoms with E-state index in [1.54, 1.807) is 3.58 Å². The number of esters is 1. The fraction of sp³-hybridized carbons (Fsp3) is 0.739. The summed E-state index contributed by atoms with van der Waals surface area (Å²) in [6.45, 7) is 9.28. The summed E-state index contributed by atoms with van der Waals surface area (Å²) in [5.74, 6) is -0.0944. The van der Waals surface area contributed by atoms with E-state index in [1.165, 1.54) is 51.8 Å². The van der Waals surface area contributed by atoms with Gasteiger partial charge >= 0.3 is 172 Å². The molecule has 0 unspecified atom stereocenters. The van der Waals surface area contributed by atoms with Crippen molar-refractivity contribution < 1.29 is 9.53 Å². The standard InChI is InChI=1S/C11H14NO2.3C4H9.Sn/c1-2-14-11(13)8-5-7-10-6-3-4-9-12-10;3*1-3-4-2;/h3,6,9H,2,5,7-8H2,1H3;3*1,3-4H2,2H3;. The molecule has 0 aliphatic heterocycles. The average molecular weight is 482 g/mol. The second-order valence-corrected chi connectivity index (χ2v) is 21.0. The monoisotopic (exact) mass is 483 g/mol. The molecule has 154 valence electrons. The number of unbranched alkanes of at least 4 members (excludes halogenated alkanes) is 3. The Morgan fingerprint density at radius 3 is 1.96 bits per heavy atom. The first-order valence-corrected chi connectivity index (χ1v) is 18.7. The summed E-state index contributed by atoms with van der Waals surface area (Å²) in [5, 5.41) is 0. The number of pyridine rings is 1. The fourth-order valence-electron chi connectivity index (χ4n) is 3.89. The molecule has 0 aliphatic carbocycles. The first kappa shape index (κ1) is 24.5. The van der Waals surface area contributed by atoms with Crippen LogP contribution in [0.5, 0.6) is 0 Å². The SMILES string of the molecule is CCC[CH2][Sn]([CH2]CCC)([CH2]CCC)[c]1ccc(CCCC(=O)OCC)nc1. The number of rotatable bonds is 15. The van der Waals surface area contributed by atoms with Gasteiger partial charge in [0.1, 0.15) is 0 Å². The van der Waals surface area contributed by atoms with Crippen LogP contribution in [0.4, 0.5) is 0 Å². The maximum absolute atomic E-state index is 11.5. The molecule has 0 aliphatic rings. The summed E-state index contributed by atoms with van der Waals surface area (Å²) in [6, 6.07) is 4.64. The van der Waals surface area contributed by atoms with E-state index in [9.17, 15) is 4.79 Å².